The van der Waals surface area contributed by atoms with Gasteiger partial charge in [-0.25, -0.2) is 4.79 Å². The van der Waals surface area contributed by atoms with E-state index in [1.165, 1.54) is 4.90 Å². The molecule has 1 aromatic rings. The van der Waals surface area contributed by atoms with Gasteiger partial charge in [-0.05, 0) is 36.8 Å². The predicted octanol–water partition coefficient (Wildman–Crippen LogP) is 1.15. The fourth-order valence-corrected chi connectivity index (χ4v) is 3.12. The third-order valence-corrected chi connectivity index (χ3v) is 4.68. The van der Waals surface area contributed by atoms with Gasteiger partial charge in [0.15, 0.2) is 0 Å². The van der Waals surface area contributed by atoms with Crippen molar-refractivity contribution in [2.75, 3.05) is 0 Å². The van der Waals surface area contributed by atoms with E-state index in [1.807, 2.05) is 24.3 Å². The van der Waals surface area contributed by atoms with E-state index in [4.69, 9.17) is 5.73 Å². The molecule has 0 saturated heterocycles. The molecule has 1 heterocycles. The normalized spacial score (nSPS) is 24.1. The lowest BCUT2D eigenvalue weighted by Crippen LogP contribution is -2.60. The zero-order chi connectivity index (χ0) is 15.2. The van der Waals surface area contributed by atoms with E-state index in [0.29, 0.717) is 13.0 Å². The molecule has 1 aliphatic heterocycles. The number of benzene rings is 1. The molecule has 1 saturated carbocycles. The molecule has 0 radical (unpaired) electrons. The van der Waals surface area contributed by atoms with Crippen molar-refractivity contribution < 1.29 is 14.7 Å². The molecule has 1 amide bonds. The van der Waals surface area contributed by atoms with Crippen LogP contribution in [0.3, 0.4) is 0 Å². The summed E-state index contributed by atoms with van der Waals surface area (Å²) in [7, 11) is 0. The molecule has 3 N–H and O–H groups in total. The van der Waals surface area contributed by atoms with Gasteiger partial charge in [-0.2, -0.15) is 0 Å². The van der Waals surface area contributed by atoms with Gasteiger partial charge in [-0.15, -0.1) is 0 Å². The summed E-state index contributed by atoms with van der Waals surface area (Å²) in [6, 6.07) is 6.85. The molecular formula is C16H20N2O3. The Balaban J connectivity index is 1.92. The van der Waals surface area contributed by atoms with Gasteiger partial charge in [0.2, 0.25) is 5.91 Å². The monoisotopic (exact) mass is 288 g/mol. The third kappa shape index (κ3) is 2.42. The molecule has 1 aliphatic carbocycles. The highest BCUT2D eigenvalue weighted by molar-refractivity contribution is 5.91. The Labute approximate surface area is 123 Å². The zero-order valence-corrected chi connectivity index (χ0v) is 12.1. The molecule has 0 aromatic heterocycles. The number of amides is 1. The number of carboxylic acids is 1. The molecule has 1 unspecified atom stereocenters. The fourth-order valence-electron chi connectivity index (χ4n) is 3.12. The second-order valence-corrected chi connectivity index (χ2v) is 6.32. The van der Waals surface area contributed by atoms with Crippen molar-refractivity contribution in [3.63, 3.8) is 0 Å². The summed E-state index contributed by atoms with van der Waals surface area (Å²) in [5.41, 5.74) is 7.24. The van der Waals surface area contributed by atoms with Crippen molar-refractivity contribution in [3.05, 3.63) is 35.4 Å². The highest BCUT2D eigenvalue weighted by atomic mass is 16.4. The number of carboxylic acid groups (broad SMARTS) is 1. The van der Waals surface area contributed by atoms with Crippen molar-refractivity contribution in [1.29, 1.82) is 0 Å². The summed E-state index contributed by atoms with van der Waals surface area (Å²) in [6.07, 6.45) is 2.24. The summed E-state index contributed by atoms with van der Waals surface area (Å²) in [5.74, 6) is -1.03. The van der Waals surface area contributed by atoms with Crippen molar-refractivity contribution in [3.8, 4) is 0 Å². The van der Waals surface area contributed by atoms with Crippen LogP contribution in [0.15, 0.2) is 24.3 Å². The topological polar surface area (TPSA) is 83.6 Å². The molecule has 5 heteroatoms. The van der Waals surface area contributed by atoms with Gasteiger partial charge in [0.05, 0.1) is 5.54 Å². The maximum atomic E-state index is 12.8. The summed E-state index contributed by atoms with van der Waals surface area (Å²) in [6.45, 7) is 2.05. The van der Waals surface area contributed by atoms with E-state index in [0.717, 1.165) is 24.0 Å². The largest absolute Gasteiger partial charge is 0.480 e. The van der Waals surface area contributed by atoms with Crippen LogP contribution in [0.25, 0.3) is 0 Å². The van der Waals surface area contributed by atoms with Crippen LogP contribution in [0.5, 0.6) is 0 Å². The molecule has 1 fully saturated rings. The first kappa shape index (κ1) is 14.1. The zero-order valence-electron chi connectivity index (χ0n) is 12.1. The number of fused-ring (bicyclic) bond motifs is 1. The number of aliphatic carboxylic acids is 1. The van der Waals surface area contributed by atoms with Gasteiger partial charge in [0.1, 0.15) is 6.04 Å². The maximum absolute atomic E-state index is 12.8. The number of hydrogen-bond donors (Lipinski definition) is 2. The Hall–Kier alpha value is -1.88. The highest BCUT2D eigenvalue weighted by Gasteiger charge is 2.48. The van der Waals surface area contributed by atoms with Crippen LogP contribution >= 0.6 is 0 Å². The van der Waals surface area contributed by atoms with Gasteiger partial charge in [0, 0.05) is 13.0 Å². The van der Waals surface area contributed by atoms with Crippen molar-refractivity contribution >= 4 is 11.9 Å². The van der Waals surface area contributed by atoms with Crippen LogP contribution in [0, 0.1) is 5.92 Å². The second kappa shape index (κ2) is 4.84. The number of hydrogen-bond acceptors (Lipinski definition) is 3. The van der Waals surface area contributed by atoms with E-state index in [-0.39, 0.29) is 11.8 Å². The molecule has 2 atom stereocenters. The second-order valence-electron chi connectivity index (χ2n) is 6.32. The van der Waals surface area contributed by atoms with Crippen LogP contribution in [0.2, 0.25) is 0 Å². The Morgan fingerprint density at radius 2 is 1.90 bits per heavy atom. The molecule has 112 valence electrons. The Bertz CT molecular complexity index is 593. The molecule has 21 heavy (non-hydrogen) atoms. The number of carbonyl (C=O) groups is 2. The summed E-state index contributed by atoms with van der Waals surface area (Å²) < 4.78 is 0. The summed E-state index contributed by atoms with van der Waals surface area (Å²) in [5, 5.41) is 9.47. The van der Waals surface area contributed by atoms with E-state index in [2.05, 4.69) is 0 Å². The lowest BCUT2D eigenvalue weighted by Gasteiger charge is -2.39. The summed E-state index contributed by atoms with van der Waals surface area (Å²) >= 11 is 0. The number of rotatable bonds is 3. The van der Waals surface area contributed by atoms with Crippen molar-refractivity contribution in [1.82, 2.24) is 4.90 Å². The SMILES string of the molecule is CC(N)(C(=O)N1Cc2ccccc2C[C@@H]1C(=O)O)C1CC1. The minimum Gasteiger partial charge on any atom is -0.480 e. The van der Waals surface area contributed by atoms with Crippen molar-refractivity contribution in [2.45, 2.75) is 44.3 Å². The van der Waals surface area contributed by atoms with Crippen LogP contribution in [-0.2, 0) is 22.6 Å². The molecule has 3 rings (SSSR count). The van der Waals surface area contributed by atoms with Gasteiger partial charge < -0.3 is 15.7 Å². The van der Waals surface area contributed by atoms with E-state index >= 15 is 0 Å². The predicted molar refractivity (Wildman–Crippen MR) is 77.4 cm³/mol. The van der Waals surface area contributed by atoms with Gasteiger partial charge in [0.25, 0.3) is 0 Å². The molecule has 5 nitrogen and oxygen atoms in total. The molecular weight excluding hydrogens is 268 g/mol. The first-order chi connectivity index (χ1) is 9.91. The lowest BCUT2D eigenvalue weighted by molar-refractivity contribution is -0.154. The molecule has 2 aliphatic rings. The quantitative estimate of drug-likeness (QED) is 0.874. The van der Waals surface area contributed by atoms with Gasteiger partial charge >= 0.3 is 5.97 Å². The van der Waals surface area contributed by atoms with E-state index in [1.54, 1.807) is 6.92 Å². The number of carbonyl (C=O) groups excluding carboxylic acids is 1. The average Bonchev–Trinajstić information content (AvgIpc) is 3.30. The van der Waals surface area contributed by atoms with Crippen LogP contribution < -0.4 is 5.73 Å². The Morgan fingerprint density at radius 3 is 2.48 bits per heavy atom. The Kier molecular flexibility index (Phi) is 3.24. The van der Waals surface area contributed by atoms with E-state index < -0.39 is 17.6 Å². The van der Waals surface area contributed by atoms with Crippen molar-refractivity contribution in [2.24, 2.45) is 11.7 Å². The molecule has 0 spiro atoms. The highest BCUT2D eigenvalue weighted by Crippen LogP contribution is 2.40. The van der Waals surface area contributed by atoms with Crippen LogP contribution in [-0.4, -0.2) is 33.5 Å². The smallest absolute Gasteiger partial charge is 0.326 e. The minimum atomic E-state index is -0.968. The Morgan fingerprint density at radius 1 is 1.29 bits per heavy atom. The first-order valence-corrected chi connectivity index (χ1v) is 7.31. The number of nitrogens with two attached hydrogens (primary N) is 1. The summed E-state index contributed by atoms with van der Waals surface area (Å²) in [4.78, 5) is 25.8. The third-order valence-electron chi connectivity index (χ3n) is 4.68. The van der Waals surface area contributed by atoms with Crippen LogP contribution in [0.1, 0.15) is 30.9 Å². The van der Waals surface area contributed by atoms with Gasteiger partial charge in [-0.1, -0.05) is 24.3 Å². The number of nitrogens with zero attached hydrogens (tertiary/aromatic N) is 1. The first-order valence-electron chi connectivity index (χ1n) is 7.31. The maximum Gasteiger partial charge on any atom is 0.326 e. The van der Waals surface area contributed by atoms with Crippen LogP contribution in [0.4, 0.5) is 0 Å². The lowest BCUT2D eigenvalue weighted by atomic mass is 9.89. The molecule has 1 aromatic carbocycles. The van der Waals surface area contributed by atoms with E-state index in [9.17, 15) is 14.7 Å². The molecule has 0 bridgehead atoms. The standard InChI is InChI=1S/C16H20N2O3/c1-16(17,12-6-7-12)15(21)18-9-11-5-3-2-4-10(11)8-13(18)14(19)20/h2-5,12-13H,6-9,17H2,1H3,(H,19,20)/t13-,16?/m1/s1. The van der Waals surface area contributed by atoms with Gasteiger partial charge in [-0.3, -0.25) is 4.79 Å². The average molecular weight is 288 g/mol. The minimum absolute atomic E-state index is 0.177. The fraction of sp³-hybridized carbons (Fsp3) is 0.500.